The number of anilines is 1. The maximum absolute atomic E-state index is 14.2. The average Bonchev–Trinajstić information content (AvgIpc) is 2.94. The van der Waals surface area contributed by atoms with Crippen LogP contribution in [0, 0.1) is 0 Å². The summed E-state index contributed by atoms with van der Waals surface area (Å²) in [6, 6.07) is 24.0. The summed E-state index contributed by atoms with van der Waals surface area (Å²) < 4.78 is 28.8. The van der Waals surface area contributed by atoms with Crippen LogP contribution in [0.3, 0.4) is 0 Å². The average molecular weight is 585 g/mol. The first-order valence-corrected chi connectivity index (χ1v) is 14.9. The molecule has 3 aromatic carbocycles. The minimum atomic E-state index is -4.03. The lowest BCUT2D eigenvalue weighted by Crippen LogP contribution is -2.55. The van der Waals surface area contributed by atoms with E-state index in [9.17, 15) is 18.0 Å². The number of para-hydroxylation sites is 1. The molecule has 0 fully saturated rings. The molecule has 0 aromatic heterocycles. The Kier molecular flexibility index (Phi) is 11.1. The van der Waals surface area contributed by atoms with Gasteiger partial charge in [-0.15, -0.1) is 0 Å². The maximum Gasteiger partial charge on any atom is 0.304 e. The molecule has 2 atom stereocenters. The summed E-state index contributed by atoms with van der Waals surface area (Å²) in [5, 5.41) is 3.51. The number of benzene rings is 3. The number of hydrogen-bond donors (Lipinski definition) is 1. The maximum atomic E-state index is 14.2. The predicted molar refractivity (Wildman–Crippen MR) is 160 cm³/mol. The summed E-state index contributed by atoms with van der Waals surface area (Å²) in [5.74, 6) is -0.829. The lowest BCUT2D eigenvalue weighted by molar-refractivity contribution is -0.140. The number of nitrogens with zero attached hydrogens (tertiary/aromatic N) is 3. The summed E-state index contributed by atoms with van der Waals surface area (Å²) >= 11 is 6.25. The van der Waals surface area contributed by atoms with Crippen LogP contribution in [0.25, 0.3) is 0 Å². The van der Waals surface area contributed by atoms with E-state index in [-0.39, 0.29) is 24.9 Å². The van der Waals surface area contributed by atoms with Crippen LogP contribution < -0.4 is 9.62 Å². The van der Waals surface area contributed by atoms with Gasteiger partial charge in [-0.05, 0) is 48.7 Å². The number of rotatable bonds is 13. The summed E-state index contributed by atoms with van der Waals surface area (Å²) in [7, 11) is -1.20. The van der Waals surface area contributed by atoms with Crippen LogP contribution in [-0.4, -0.2) is 62.2 Å². The molecule has 3 aromatic rings. The zero-order valence-corrected chi connectivity index (χ0v) is 24.9. The van der Waals surface area contributed by atoms with E-state index >= 15 is 0 Å². The van der Waals surface area contributed by atoms with Gasteiger partial charge in [-0.1, -0.05) is 79.2 Å². The molecule has 0 spiro atoms. The normalized spacial score (nSPS) is 12.9. The third kappa shape index (κ3) is 8.30. The largest absolute Gasteiger partial charge is 0.352 e. The van der Waals surface area contributed by atoms with Crippen LogP contribution in [0.4, 0.5) is 5.69 Å². The van der Waals surface area contributed by atoms with Gasteiger partial charge in [0.1, 0.15) is 12.6 Å². The van der Waals surface area contributed by atoms with Crippen LogP contribution >= 0.6 is 11.6 Å². The number of hydrogen-bond acceptors (Lipinski definition) is 4. The molecule has 0 aliphatic carbocycles. The van der Waals surface area contributed by atoms with Gasteiger partial charge in [0, 0.05) is 38.1 Å². The van der Waals surface area contributed by atoms with Crippen molar-refractivity contribution < 1.29 is 18.0 Å². The first-order chi connectivity index (χ1) is 19.0. The fourth-order valence-electron chi connectivity index (χ4n) is 4.14. The first-order valence-electron chi connectivity index (χ1n) is 13.2. The molecular weight excluding hydrogens is 548 g/mol. The number of halogens is 1. The standard InChI is InChI=1S/C30H37ClN4O4S/c1-5-23(2)32-30(37)28(20-24-13-8-6-9-14-24)34(21-25-15-12-16-26(31)19-25)29(36)22-35(40(38,39)33(3)4)27-17-10-7-11-18-27/h6-19,23,28H,5,20-22H2,1-4H3,(H,32,37)/t23-,28+/m1/s1. The molecule has 10 heteroatoms. The molecule has 0 saturated carbocycles. The van der Waals surface area contributed by atoms with Gasteiger partial charge in [0.25, 0.3) is 0 Å². The number of carbonyl (C=O) groups excluding carboxylic acids is 2. The molecule has 3 rings (SSSR count). The third-order valence-electron chi connectivity index (χ3n) is 6.58. The molecule has 40 heavy (non-hydrogen) atoms. The lowest BCUT2D eigenvalue weighted by atomic mass is 10.0. The monoisotopic (exact) mass is 584 g/mol. The fraction of sp³-hybridized carbons (Fsp3) is 0.333. The van der Waals surface area contributed by atoms with E-state index in [0.29, 0.717) is 10.7 Å². The molecule has 0 heterocycles. The summed E-state index contributed by atoms with van der Waals surface area (Å²) in [4.78, 5) is 29.3. The number of carbonyl (C=O) groups is 2. The first kappa shape index (κ1) is 31.1. The highest BCUT2D eigenvalue weighted by Gasteiger charge is 2.35. The van der Waals surface area contributed by atoms with E-state index in [1.54, 1.807) is 48.5 Å². The minimum Gasteiger partial charge on any atom is -0.352 e. The topological polar surface area (TPSA) is 90.0 Å². The zero-order valence-electron chi connectivity index (χ0n) is 23.3. The van der Waals surface area contributed by atoms with E-state index in [2.05, 4.69) is 5.32 Å². The molecule has 0 radical (unpaired) electrons. The van der Waals surface area contributed by atoms with Crippen molar-refractivity contribution in [3.8, 4) is 0 Å². The van der Waals surface area contributed by atoms with E-state index in [4.69, 9.17) is 11.6 Å². The van der Waals surface area contributed by atoms with Crippen molar-refractivity contribution in [3.05, 3.63) is 101 Å². The van der Waals surface area contributed by atoms with Gasteiger partial charge in [0.05, 0.1) is 5.69 Å². The van der Waals surface area contributed by atoms with Gasteiger partial charge in [0.2, 0.25) is 11.8 Å². The predicted octanol–water partition coefficient (Wildman–Crippen LogP) is 4.51. The Morgan fingerprint density at radius 1 is 0.900 bits per heavy atom. The Balaban J connectivity index is 2.08. The quantitative estimate of drug-likeness (QED) is 0.320. The molecule has 1 N–H and O–H groups in total. The van der Waals surface area contributed by atoms with Crippen LogP contribution in [0.1, 0.15) is 31.4 Å². The van der Waals surface area contributed by atoms with Crippen LogP contribution in [0.5, 0.6) is 0 Å². The van der Waals surface area contributed by atoms with E-state index in [1.165, 1.54) is 19.0 Å². The number of amides is 2. The molecule has 0 aliphatic heterocycles. The molecular formula is C30H37ClN4O4S. The second-order valence-corrected chi connectivity index (χ2v) is 12.3. The smallest absolute Gasteiger partial charge is 0.304 e. The van der Waals surface area contributed by atoms with Crippen molar-refractivity contribution in [2.45, 2.75) is 45.3 Å². The van der Waals surface area contributed by atoms with Crippen LogP contribution in [-0.2, 0) is 32.8 Å². The van der Waals surface area contributed by atoms with Gasteiger partial charge in [-0.3, -0.25) is 9.59 Å². The van der Waals surface area contributed by atoms with Gasteiger partial charge < -0.3 is 10.2 Å². The Hall–Kier alpha value is -3.40. The van der Waals surface area contributed by atoms with Crippen molar-refractivity contribution >= 4 is 39.3 Å². The third-order valence-corrected chi connectivity index (χ3v) is 8.63. The van der Waals surface area contributed by atoms with Crippen molar-refractivity contribution in [1.82, 2.24) is 14.5 Å². The molecule has 214 valence electrons. The van der Waals surface area contributed by atoms with Gasteiger partial charge in [0.15, 0.2) is 0 Å². The summed E-state index contributed by atoms with van der Waals surface area (Å²) in [6.45, 7) is 3.44. The van der Waals surface area contributed by atoms with Gasteiger partial charge in [-0.2, -0.15) is 12.7 Å². The van der Waals surface area contributed by atoms with E-state index in [1.807, 2.05) is 50.2 Å². The SMILES string of the molecule is CC[C@@H](C)NC(=O)[C@H](Cc1ccccc1)N(Cc1cccc(Cl)c1)C(=O)CN(c1ccccc1)S(=O)(=O)N(C)C. The second kappa shape index (κ2) is 14.3. The van der Waals surface area contributed by atoms with E-state index < -0.39 is 28.7 Å². The summed E-state index contributed by atoms with van der Waals surface area (Å²) in [5.41, 5.74) is 1.93. The molecule has 8 nitrogen and oxygen atoms in total. The molecule has 0 aliphatic rings. The molecule has 2 amide bonds. The van der Waals surface area contributed by atoms with Crippen LogP contribution in [0.2, 0.25) is 5.02 Å². The Bertz CT molecular complexity index is 1370. The van der Waals surface area contributed by atoms with Crippen molar-refractivity contribution in [1.29, 1.82) is 0 Å². The summed E-state index contributed by atoms with van der Waals surface area (Å²) in [6.07, 6.45) is 0.968. The highest BCUT2D eigenvalue weighted by Crippen LogP contribution is 2.22. The lowest BCUT2D eigenvalue weighted by Gasteiger charge is -2.35. The van der Waals surface area contributed by atoms with Gasteiger partial charge >= 0.3 is 10.2 Å². The van der Waals surface area contributed by atoms with Crippen molar-refractivity contribution in [2.24, 2.45) is 0 Å². The Morgan fingerprint density at radius 2 is 1.50 bits per heavy atom. The molecule has 0 unspecified atom stereocenters. The Morgan fingerprint density at radius 3 is 2.08 bits per heavy atom. The van der Waals surface area contributed by atoms with E-state index in [0.717, 1.165) is 26.2 Å². The molecule has 0 saturated heterocycles. The Labute approximate surface area is 242 Å². The highest BCUT2D eigenvalue weighted by atomic mass is 35.5. The molecule has 0 bridgehead atoms. The highest BCUT2D eigenvalue weighted by molar-refractivity contribution is 7.90. The van der Waals surface area contributed by atoms with Crippen LogP contribution in [0.15, 0.2) is 84.9 Å². The zero-order chi connectivity index (χ0) is 29.3. The fourth-order valence-corrected chi connectivity index (χ4v) is 5.41. The second-order valence-electron chi connectivity index (χ2n) is 9.81. The van der Waals surface area contributed by atoms with Gasteiger partial charge in [-0.25, -0.2) is 4.31 Å². The van der Waals surface area contributed by atoms with Crippen molar-refractivity contribution in [3.63, 3.8) is 0 Å². The van der Waals surface area contributed by atoms with Crippen molar-refractivity contribution in [2.75, 3.05) is 24.9 Å². The minimum absolute atomic E-state index is 0.0649. The number of nitrogens with one attached hydrogen (secondary N) is 1.